The molecule has 45 heavy (non-hydrogen) atoms. The van der Waals surface area contributed by atoms with E-state index in [2.05, 4.69) is 25.9 Å². The first kappa shape index (κ1) is 30.9. The zero-order valence-corrected chi connectivity index (χ0v) is 24.3. The van der Waals surface area contributed by atoms with Gasteiger partial charge in [-0.2, -0.15) is 0 Å². The number of H-pyrrole nitrogens is 1. The van der Waals surface area contributed by atoms with Gasteiger partial charge in [0.2, 0.25) is 11.5 Å². The van der Waals surface area contributed by atoms with Crippen molar-refractivity contribution in [2.45, 2.75) is 31.9 Å². The molecule has 0 aliphatic heterocycles. The van der Waals surface area contributed by atoms with Crippen LogP contribution in [0.3, 0.4) is 0 Å². The Labute approximate surface area is 258 Å². The molecule has 230 valence electrons. The minimum Gasteiger partial charge on any atom is -0.506 e. The molecule has 5 rings (SSSR count). The van der Waals surface area contributed by atoms with Gasteiger partial charge in [0.15, 0.2) is 0 Å². The van der Waals surface area contributed by atoms with E-state index in [0.29, 0.717) is 47.4 Å². The summed E-state index contributed by atoms with van der Waals surface area (Å²) >= 11 is 0. The molecule has 11 heteroatoms. The van der Waals surface area contributed by atoms with Gasteiger partial charge in [-0.05, 0) is 59.9 Å². The Bertz CT molecular complexity index is 1860. The number of hydrogen-bond acceptors (Lipinski definition) is 7. The second kappa shape index (κ2) is 14.3. The number of aliphatic hydroxyl groups is 1. The van der Waals surface area contributed by atoms with Crippen LogP contribution in [-0.4, -0.2) is 43.8 Å². The number of fused-ring (bicyclic) bond motifs is 1. The molecule has 0 radical (unpaired) electrons. The van der Waals surface area contributed by atoms with Gasteiger partial charge < -0.3 is 30.9 Å². The number of nitrogens with zero attached hydrogens (tertiary/aromatic N) is 1. The highest BCUT2D eigenvalue weighted by Gasteiger charge is 2.14. The highest BCUT2D eigenvalue weighted by atomic mass is 16.4. The fraction of sp³-hybridized carbons (Fsp3) is 0.176. The number of aromatic hydroxyl groups is 1. The normalized spacial score (nSPS) is 11.7. The summed E-state index contributed by atoms with van der Waals surface area (Å²) < 4.78 is 0. The van der Waals surface area contributed by atoms with Crippen molar-refractivity contribution in [1.29, 1.82) is 0 Å². The molecule has 0 fully saturated rings. The molecule has 0 unspecified atom stereocenters. The standard InChI is InChI=1S/C34H33N5O6/c40-29-15-13-26(27-14-16-32(43)39-33(27)29)30(41)20-35-18-23-10-11-24(19-36-23)37-31(42)8-4-5-21-9-12-25(22-6-2-1-3-7-22)28(17-21)38-34(44)45/h1-3,6-7,9-17,19,30,35,38,40-41H,4-5,8,18,20H2,(H,37,42)(H,39,43)(H,44,45)/t30-/m1/s1. The molecule has 5 aromatic rings. The predicted molar refractivity (Wildman–Crippen MR) is 172 cm³/mol. The number of pyridine rings is 2. The first-order valence-electron chi connectivity index (χ1n) is 14.4. The molecular weight excluding hydrogens is 574 g/mol. The number of anilines is 2. The summed E-state index contributed by atoms with van der Waals surface area (Å²) in [5.41, 5.74) is 4.88. The monoisotopic (exact) mass is 607 g/mol. The number of aromatic amines is 1. The molecule has 0 aliphatic rings. The van der Waals surface area contributed by atoms with Crippen molar-refractivity contribution >= 4 is 34.3 Å². The van der Waals surface area contributed by atoms with E-state index in [1.54, 1.807) is 36.5 Å². The number of carbonyl (C=O) groups is 2. The largest absolute Gasteiger partial charge is 0.506 e. The van der Waals surface area contributed by atoms with Gasteiger partial charge in [-0.1, -0.05) is 48.5 Å². The van der Waals surface area contributed by atoms with Crippen LogP contribution < -0.4 is 21.5 Å². The number of aryl methyl sites for hydroxylation is 1. The lowest BCUT2D eigenvalue weighted by atomic mass is 9.99. The molecule has 0 saturated carbocycles. The van der Waals surface area contributed by atoms with Crippen LogP contribution in [0.2, 0.25) is 0 Å². The van der Waals surface area contributed by atoms with Crippen LogP contribution in [0.5, 0.6) is 5.75 Å². The lowest BCUT2D eigenvalue weighted by Gasteiger charge is -2.15. The van der Waals surface area contributed by atoms with Gasteiger partial charge in [0, 0.05) is 36.5 Å². The van der Waals surface area contributed by atoms with Crippen LogP contribution >= 0.6 is 0 Å². The highest BCUT2D eigenvalue weighted by molar-refractivity contribution is 5.91. The molecule has 0 spiro atoms. The van der Waals surface area contributed by atoms with E-state index in [0.717, 1.165) is 16.7 Å². The van der Waals surface area contributed by atoms with Crippen molar-refractivity contribution in [3.63, 3.8) is 0 Å². The Kier molecular flexibility index (Phi) is 9.83. The minimum absolute atomic E-state index is 0.0686. The van der Waals surface area contributed by atoms with Crippen LogP contribution in [0.1, 0.15) is 35.8 Å². The van der Waals surface area contributed by atoms with Crippen molar-refractivity contribution in [1.82, 2.24) is 15.3 Å². The lowest BCUT2D eigenvalue weighted by Crippen LogP contribution is -2.22. The average molecular weight is 608 g/mol. The van der Waals surface area contributed by atoms with Crippen LogP contribution in [0.4, 0.5) is 16.2 Å². The third kappa shape index (κ3) is 8.11. The summed E-state index contributed by atoms with van der Waals surface area (Å²) in [5, 5.41) is 39.1. The van der Waals surface area contributed by atoms with Gasteiger partial charge in [-0.15, -0.1) is 0 Å². The van der Waals surface area contributed by atoms with Crippen LogP contribution in [0.15, 0.2) is 95.9 Å². The first-order valence-corrected chi connectivity index (χ1v) is 14.4. The molecule has 1 atom stereocenters. The number of hydrogen-bond donors (Lipinski definition) is 7. The number of benzene rings is 3. The number of phenolic OH excluding ortho intramolecular Hbond substituents is 1. The smallest absolute Gasteiger partial charge is 0.409 e. The van der Waals surface area contributed by atoms with E-state index in [9.17, 15) is 29.7 Å². The summed E-state index contributed by atoms with van der Waals surface area (Å²) in [5.74, 6) is -0.223. The van der Waals surface area contributed by atoms with Crippen molar-refractivity contribution in [3.05, 3.63) is 118 Å². The van der Waals surface area contributed by atoms with Gasteiger partial charge >= 0.3 is 6.09 Å². The number of aromatic nitrogens is 2. The van der Waals surface area contributed by atoms with Crippen LogP contribution in [0, 0.1) is 0 Å². The minimum atomic E-state index is -1.14. The molecule has 0 aliphatic carbocycles. The Morgan fingerprint density at radius 2 is 1.76 bits per heavy atom. The van der Waals surface area contributed by atoms with E-state index in [4.69, 9.17) is 0 Å². The molecule has 3 aromatic carbocycles. The fourth-order valence-electron chi connectivity index (χ4n) is 5.11. The van der Waals surface area contributed by atoms with Crippen molar-refractivity contribution in [3.8, 4) is 16.9 Å². The number of aliphatic hydroxyl groups excluding tert-OH is 1. The van der Waals surface area contributed by atoms with Gasteiger partial charge in [0.25, 0.3) is 0 Å². The lowest BCUT2D eigenvalue weighted by molar-refractivity contribution is -0.116. The topological polar surface area (TPSA) is 177 Å². The van der Waals surface area contributed by atoms with E-state index in [-0.39, 0.29) is 35.7 Å². The number of nitrogens with one attached hydrogen (secondary N) is 4. The Morgan fingerprint density at radius 1 is 0.933 bits per heavy atom. The summed E-state index contributed by atoms with van der Waals surface area (Å²) in [4.78, 5) is 42.5. The van der Waals surface area contributed by atoms with Crippen LogP contribution in [0.25, 0.3) is 22.0 Å². The summed E-state index contributed by atoms with van der Waals surface area (Å²) in [6.45, 7) is 0.585. The molecule has 2 aromatic heterocycles. The summed E-state index contributed by atoms with van der Waals surface area (Å²) in [6.07, 6.45) is 1.000. The number of carboxylic acid groups (broad SMARTS) is 1. The number of amides is 2. The predicted octanol–water partition coefficient (Wildman–Crippen LogP) is 5.17. The first-order chi connectivity index (χ1) is 21.8. The van der Waals surface area contributed by atoms with E-state index in [1.807, 2.05) is 42.5 Å². The van der Waals surface area contributed by atoms with E-state index < -0.39 is 12.2 Å². The van der Waals surface area contributed by atoms with Crippen molar-refractivity contribution in [2.75, 3.05) is 17.2 Å². The molecule has 2 heterocycles. The van der Waals surface area contributed by atoms with E-state index in [1.165, 1.54) is 12.1 Å². The maximum Gasteiger partial charge on any atom is 0.409 e. The number of rotatable bonds is 12. The van der Waals surface area contributed by atoms with Crippen molar-refractivity contribution < 1.29 is 24.9 Å². The van der Waals surface area contributed by atoms with E-state index >= 15 is 0 Å². The number of phenols is 1. The third-order valence-electron chi connectivity index (χ3n) is 7.30. The fourth-order valence-corrected chi connectivity index (χ4v) is 5.11. The average Bonchev–Trinajstić information content (AvgIpc) is 3.02. The van der Waals surface area contributed by atoms with Gasteiger partial charge in [0.1, 0.15) is 5.75 Å². The zero-order chi connectivity index (χ0) is 31.8. The Morgan fingerprint density at radius 3 is 2.51 bits per heavy atom. The second-order valence-electron chi connectivity index (χ2n) is 10.5. The summed E-state index contributed by atoms with van der Waals surface area (Å²) in [6, 6.07) is 24.7. The van der Waals surface area contributed by atoms with Gasteiger partial charge in [-0.3, -0.25) is 19.9 Å². The molecular formula is C34H33N5O6. The Hall–Kier alpha value is -5.52. The number of carbonyl (C=O) groups excluding carboxylic acids is 1. The third-order valence-corrected chi connectivity index (χ3v) is 7.30. The maximum absolute atomic E-state index is 12.5. The van der Waals surface area contributed by atoms with Crippen molar-refractivity contribution in [2.24, 2.45) is 0 Å². The maximum atomic E-state index is 12.5. The zero-order valence-electron chi connectivity index (χ0n) is 24.3. The van der Waals surface area contributed by atoms with Gasteiger partial charge in [-0.25, -0.2) is 4.79 Å². The quantitative estimate of drug-likeness (QED) is 0.102. The van der Waals surface area contributed by atoms with Crippen LogP contribution in [-0.2, 0) is 17.8 Å². The van der Waals surface area contributed by atoms with Gasteiger partial charge in [0.05, 0.1) is 34.9 Å². The molecule has 0 bridgehead atoms. The SMILES string of the molecule is O=C(O)Nc1cc(CCCC(=O)Nc2ccc(CNC[C@@H](O)c3ccc(O)c4[nH]c(=O)ccc34)nc2)ccc1-c1ccccc1. The highest BCUT2D eigenvalue weighted by Crippen LogP contribution is 2.30. The molecule has 11 nitrogen and oxygen atoms in total. The Balaban J connectivity index is 1.09. The second-order valence-corrected chi connectivity index (χ2v) is 10.5. The molecule has 2 amide bonds. The molecule has 7 N–H and O–H groups in total. The molecule has 0 saturated heterocycles. The summed E-state index contributed by atoms with van der Waals surface area (Å²) in [7, 11) is 0.